The first-order valence-electron chi connectivity index (χ1n) is 5.03. The molecule has 0 radical (unpaired) electrons. The molecule has 1 aliphatic rings. The van der Waals surface area contributed by atoms with Crippen LogP contribution in [-0.4, -0.2) is 16.9 Å². The highest BCUT2D eigenvalue weighted by molar-refractivity contribution is 5.98. The number of Topliss-reactive ketones (excluding diaryl/α,β-unsaturated/α-hetero) is 1. The summed E-state index contributed by atoms with van der Waals surface area (Å²) in [6.45, 7) is 0. The van der Waals surface area contributed by atoms with Gasteiger partial charge in [0.1, 0.15) is 0 Å². The maximum absolute atomic E-state index is 11.5. The van der Waals surface area contributed by atoms with Crippen molar-refractivity contribution in [2.45, 2.75) is 25.7 Å². The summed E-state index contributed by atoms with van der Waals surface area (Å²) in [7, 11) is 0. The van der Waals surface area contributed by atoms with E-state index in [0.29, 0.717) is 6.42 Å². The minimum Gasteiger partial charge on any atom is -0.481 e. The standard InChI is InChI=1S/C12H12O3/c13-11-3-1-2-9-6-8(7-12(14)15)4-5-10(9)11/h4-6H,1-3,7H2,(H,14,15). The Morgan fingerprint density at radius 2 is 2.13 bits per heavy atom. The molecule has 0 spiro atoms. The van der Waals surface area contributed by atoms with Crippen molar-refractivity contribution in [1.82, 2.24) is 0 Å². The third-order valence-electron chi connectivity index (χ3n) is 2.68. The summed E-state index contributed by atoms with van der Waals surface area (Å²) in [6, 6.07) is 5.34. The largest absolute Gasteiger partial charge is 0.481 e. The lowest BCUT2D eigenvalue weighted by Crippen LogP contribution is -2.11. The Morgan fingerprint density at radius 1 is 1.33 bits per heavy atom. The molecule has 1 aliphatic carbocycles. The zero-order chi connectivity index (χ0) is 10.8. The van der Waals surface area contributed by atoms with Crippen LogP contribution in [-0.2, 0) is 17.6 Å². The van der Waals surface area contributed by atoms with Crippen LogP contribution in [0.15, 0.2) is 18.2 Å². The maximum Gasteiger partial charge on any atom is 0.307 e. The highest BCUT2D eigenvalue weighted by atomic mass is 16.4. The van der Waals surface area contributed by atoms with Crippen molar-refractivity contribution in [2.75, 3.05) is 0 Å². The Hall–Kier alpha value is -1.64. The fraction of sp³-hybridized carbons (Fsp3) is 0.333. The maximum atomic E-state index is 11.5. The van der Waals surface area contributed by atoms with Crippen LogP contribution in [0.4, 0.5) is 0 Å². The van der Waals surface area contributed by atoms with E-state index in [1.165, 1.54) is 0 Å². The number of aryl methyl sites for hydroxylation is 1. The van der Waals surface area contributed by atoms with Crippen LogP contribution < -0.4 is 0 Å². The van der Waals surface area contributed by atoms with Crippen molar-refractivity contribution in [3.8, 4) is 0 Å². The second-order valence-electron chi connectivity index (χ2n) is 3.84. The van der Waals surface area contributed by atoms with Crippen molar-refractivity contribution in [1.29, 1.82) is 0 Å². The zero-order valence-corrected chi connectivity index (χ0v) is 8.32. The summed E-state index contributed by atoms with van der Waals surface area (Å²) in [5.74, 6) is -0.657. The summed E-state index contributed by atoms with van der Waals surface area (Å²) >= 11 is 0. The van der Waals surface area contributed by atoms with Gasteiger partial charge in [-0.3, -0.25) is 9.59 Å². The molecule has 2 rings (SSSR count). The SMILES string of the molecule is O=C(O)Cc1ccc2c(c1)CCCC2=O. The van der Waals surface area contributed by atoms with Gasteiger partial charge in [0.2, 0.25) is 0 Å². The van der Waals surface area contributed by atoms with E-state index in [4.69, 9.17) is 5.11 Å². The van der Waals surface area contributed by atoms with Crippen molar-refractivity contribution >= 4 is 11.8 Å². The van der Waals surface area contributed by atoms with Crippen LogP contribution in [0.5, 0.6) is 0 Å². The molecule has 0 saturated heterocycles. The number of carbonyl (C=O) groups is 2. The van der Waals surface area contributed by atoms with Crippen LogP contribution >= 0.6 is 0 Å². The summed E-state index contributed by atoms with van der Waals surface area (Å²) < 4.78 is 0. The zero-order valence-electron chi connectivity index (χ0n) is 8.32. The number of fused-ring (bicyclic) bond motifs is 1. The highest BCUT2D eigenvalue weighted by Crippen LogP contribution is 2.22. The van der Waals surface area contributed by atoms with E-state index in [1.807, 2.05) is 6.07 Å². The normalized spacial score (nSPS) is 14.8. The second-order valence-corrected chi connectivity index (χ2v) is 3.84. The number of rotatable bonds is 2. The Labute approximate surface area is 87.7 Å². The van der Waals surface area contributed by atoms with Crippen LogP contribution in [0.1, 0.15) is 34.3 Å². The molecule has 0 saturated carbocycles. The molecule has 0 amide bonds. The molecule has 1 aromatic carbocycles. The topological polar surface area (TPSA) is 54.4 Å². The third kappa shape index (κ3) is 2.06. The first kappa shape index (κ1) is 9.90. The lowest BCUT2D eigenvalue weighted by molar-refractivity contribution is -0.136. The van der Waals surface area contributed by atoms with Crippen molar-refractivity contribution < 1.29 is 14.7 Å². The summed E-state index contributed by atoms with van der Waals surface area (Å²) in [4.78, 5) is 22.0. The molecule has 0 fully saturated rings. The summed E-state index contributed by atoms with van der Waals surface area (Å²) in [6.07, 6.45) is 2.41. The third-order valence-corrected chi connectivity index (χ3v) is 2.68. The van der Waals surface area contributed by atoms with Crippen LogP contribution in [0.3, 0.4) is 0 Å². The quantitative estimate of drug-likeness (QED) is 0.799. The van der Waals surface area contributed by atoms with Gasteiger partial charge >= 0.3 is 5.97 Å². The van der Waals surface area contributed by atoms with Gasteiger partial charge in [0.05, 0.1) is 6.42 Å². The smallest absolute Gasteiger partial charge is 0.307 e. The van der Waals surface area contributed by atoms with Gasteiger partial charge in [-0.15, -0.1) is 0 Å². The Balaban J connectivity index is 2.33. The molecule has 3 nitrogen and oxygen atoms in total. The fourth-order valence-electron chi connectivity index (χ4n) is 1.98. The molecule has 1 N–H and O–H groups in total. The van der Waals surface area contributed by atoms with E-state index < -0.39 is 5.97 Å². The molecule has 15 heavy (non-hydrogen) atoms. The number of benzene rings is 1. The lowest BCUT2D eigenvalue weighted by Gasteiger charge is -2.15. The van der Waals surface area contributed by atoms with Crippen molar-refractivity contribution in [3.05, 3.63) is 34.9 Å². The van der Waals surface area contributed by atoms with Gasteiger partial charge in [0, 0.05) is 12.0 Å². The van der Waals surface area contributed by atoms with Crippen molar-refractivity contribution in [3.63, 3.8) is 0 Å². The number of carbonyl (C=O) groups excluding carboxylic acids is 1. The first-order chi connectivity index (χ1) is 7.16. The van der Waals surface area contributed by atoms with Gasteiger partial charge in [-0.25, -0.2) is 0 Å². The molecule has 78 valence electrons. The van der Waals surface area contributed by atoms with Gasteiger partial charge in [0.15, 0.2) is 5.78 Å². The van der Waals surface area contributed by atoms with E-state index in [0.717, 1.165) is 29.5 Å². The molecule has 0 unspecified atom stereocenters. The van der Waals surface area contributed by atoms with E-state index in [-0.39, 0.29) is 12.2 Å². The molecule has 3 heteroatoms. The molecule has 1 aromatic rings. The molecule has 0 aliphatic heterocycles. The summed E-state index contributed by atoms with van der Waals surface area (Å²) in [5, 5.41) is 8.66. The number of ketones is 1. The Bertz CT molecular complexity index is 421. The van der Waals surface area contributed by atoms with Gasteiger partial charge in [-0.05, 0) is 24.0 Å². The van der Waals surface area contributed by atoms with E-state index in [2.05, 4.69) is 0 Å². The number of hydrogen-bond acceptors (Lipinski definition) is 2. The molecular weight excluding hydrogens is 192 g/mol. The van der Waals surface area contributed by atoms with Crippen molar-refractivity contribution in [2.24, 2.45) is 0 Å². The molecule has 0 atom stereocenters. The number of hydrogen-bond donors (Lipinski definition) is 1. The minimum absolute atomic E-state index is 0.0292. The van der Waals surface area contributed by atoms with Crippen LogP contribution in [0.2, 0.25) is 0 Å². The van der Waals surface area contributed by atoms with E-state index in [1.54, 1.807) is 12.1 Å². The molecule has 0 bridgehead atoms. The molecule has 0 aromatic heterocycles. The predicted octanol–water partition coefficient (Wildman–Crippen LogP) is 1.83. The summed E-state index contributed by atoms with van der Waals surface area (Å²) in [5.41, 5.74) is 2.55. The van der Waals surface area contributed by atoms with Gasteiger partial charge < -0.3 is 5.11 Å². The fourth-order valence-corrected chi connectivity index (χ4v) is 1.98. The number of carboxylic acids is 1. The predicted molar refractivity (Wildman–Crippen MR) is 55.1 cm³/mol. The molecule has 0 heterocycles. The highest BCUT2D eigenvalue weighted by Gasteiger charge is 2.17. The monoisotopic (exact) mass is 204 g/mol. The molecular formula is C12H12O3. The Kier molecular flexibility index (Phi) is 2.54. The Morgan fingerprint density at radius 3 is 2.87 bits per heavy atom. The van der Waals surface area contributed by atoms with Crippen LogP contribution in [0.25, 0.3) is 0 Å². The second kappa shape index (κ2) is 3.85. The van der Waals surface area contributed by atoms with Crippen LogP contribution in [0, 0.1) is 0 Å². The lowest BCUT2D eigenvalue weighted by atomic mass is 9.89. The first-order valence-corrected chi connectivity index (χ1v) is 5.03. The number of carboxylic acid groups (broad SMARTS) is 1. The van der Waals surface area contributed by atoms with E-state index >= 15 is 0 Å². The van der Waals surface area contributed by atoms with Gasteiger partial charge in [-0.2, -0.15) is 0 Å². The van der Waals surface area contributed by atoms with Gasteiger partial charge in [0.25, 0.3) is 0 Å². The minimum atomic E-state index is -0.836. The number of aliphatic carboxylic acids is 1. The van der Waals surface area contributed by atoms with Gasteiger partial charge in [-0.1, -0.05) is 18.2 Å². The van der Waals surface area contributed by atoms with E-state index in [9.17, 15) is 9.59 Å². The average molecular weight is 204 g/mol. The average Bonchev–Trinajstić information content (AvgIpc) is 2.17.